The predicted octanol–water partition coefficient (Wildman–Crippen LogP) is 4.51. The largest absolute Gasteiger partial charge is 0.489 e. The third kappa shape index (κ3) is 12.7. The Morgan fingerprint density at radius 3 is 2.29 bits per heavy atom. The molecule has 0 bridgehead atoms. The molecule has 0 aliphatic carbocycles. The molecule has 2 rings (SSSR count). The summed E-state index contributed by atoms with van der Waals surface area (Å²) in [5, 5.41) is 5.91. The van der Waals surface area contributed by atoms with Crippen molar-refractivity contribution in [3.8, 4) is 5.75 Å². The van der Waals surface area contributed by atoms with Gasteiger partial charge in [0, 0.05) is 6.54 Å². The predicted molar refractivity (Wildman–Crippen MR) is 159 cm³/mol. The summed E-state index contributed by atoms with van der Waals surface area (Å²) in [4.78, 5) is 52.3. The highest BCUT2D eigenvalue weighted by Crippen LogP contribution is 2.31. The van der Waals surface area contributed by atoms with E-state index in [9.17, 15) is 19.2 Å². The van der Waals surface area contributed by atoms with Gasteiger partial charge in [0.05, 0.1) is 12.3 Å². The number of para-hydroxylation sites is 2. The van der Waals surface area contributed by atoms with Crippen LogP contribution in [0.15, 0.2) is 24.3 Å². The van der Waals surface area contributed by atoms with Gasteiger partial charge in [-0.1, -0.05) is 37.8 Å². The van der Waals surface area contributed by atoms with Gasteiger partial charge in [-0.2, -0.15) is 0 Å². The van der Waals surface area contributed by atoms with Gasteiger partial charge >= 0.3 is 18.0 Å². The lowest BCUT2D eigenvalue weighted by Crippen LogP contribution is -2.55. The molecular weight excluding hydrogens is 542 g/mol. The molecule has 2 amide bonds. The van der Waals surface area contributed by atoms with E-state index in [4.69, 9.17) is 18.9 Å². The SMILES string of the molecule is CCOC(=O)[C@H](CCCCCCCNC(=O)OC(C)(C)C)N[C@H]1COc2ccccc2N(CC(=O)OC(C)(C)C)C1=O. The number of unbranched alkanes of at least 4 members (excludes halogenated alkanes) is 4. The maximum absolute atomic E-state index is 13.7. The van der Waals surface area contributed by atoms with Crippen LogP contribution in [-0.2, 0) is 28.6 Å². The maximum atomic E-state index is 13.7. The fourth-order valence-electron chi connectivity index (χ4n) is 4.40. The highest BCUT2D eigenvalue weighted by atomic mass is 16.6. The van der Waals surface area contributed by atoms with E-state index in [-0.39, 0.29) is 19.8 Å². The van der Waals surface area contributed by atoms with Gasteiger partial charge in [0.1, 0.15) is 42.2 Å². The van der Waals surface area contributed by atoms with Crippen molar-refractivity contribution < 1.29 is 38.1 Å². The number of fused-ring (bicyclic) bond motifs is 1. The standard InChI is InChI=1S/C31H49N3O8/c1-8-39-28(37)22(16-12-10-9-11-15-19-32-29(38)42-31(5,6)7)33-23-21-40-25-18-14-13-17-24(25)34(27(23)36)20-26(35)41-30(2,3)4/h13-14,17-18,22-23,33H,8-12,15-16,19-21H2,1-7H3,(H,32,38)/t22-,23-/m0/s1. The molecular formula is C31H49N3O8. The molecule has 2 atom stereocenters. The minimum atomic E-state index is -0.881. The van der Waals surface area contributed by atoms with Crippen molar-refractivity contribution in [3.63, 3.8) is 0 Å². The van der Waals surface area contributed by atoms with Crippen molar-refractivity contribution in [2.24, 2.45) is 0 Å². The van der Waals surface area contributed by atoms with Crippen molar-refractivity contribution in [1.29, 1.82) is 0 Å². The molecule has 11 nitrogen and oxygen atoms in total. The number of nitrogens with zero attached hydrogens (tertiary/aromatic N) is 1. The first kappa shape index (κ1) is 34.9. The molecule has 0 radical (unpaired) electrons. The van der Waals surface area contributed by atoms with Gasteiger partial charge in [0.2, 0.25) is 5.91 Å². The summed E-state index contributed by atoms with van der Waals surface area (Å²) >= 11 is 0. The summed E-state index contributed by atoms with van der Waals surface area (Å²) in [7, 11) is 0. The second-order valence-corrected chi connectivity index (χ2v) is 12.3. The van der Waals surface area contributed by atoms with Gasteiger partial charge in [-0.3, -0.25) is 24.6 Å². The number of benzene rings is 1. The van der Waals surface area contributed by atoms with Crippen LogP contribution in [0.1, 0.15) is 87.0 Å². The van der Waals surface area contributed by atoms with E-state index in [1.54, 1.807) is 52.0 Å². The number of ether oxygens (including phenoxy) is 4. The van der Waals surface area contributed by atoms with Crippen LogP contribution < -0.4 is 20.3 Å². The summed E-state index contributed by atoms with van der Waals surface area (Å²) in [6.45, 7) is 12.9. The zero-order valence-electron chi connectivity index (χ0n) is 26.2. The lowest BCUT2D eigenvalue weighted by molar-refractivity contribution is -0.154. The molecule has 1 aliphatic rings. The quantitative estimate of drug-likeness (QED) is 0.182. The maximum Gasteiger partial charge on any atom is 0.407 e. The summed E-state index contributed by atoms with van der Waals surface area (Å²) in [6.07, 6.45) is 4.32. The van der Waals surface area contributed by atoms with Crippen LogP contribution >= 0.6 is 0 Å². The second-order valence-electron chi connectivity index (χ2n) is 12.3. The molecule has 0 aromatic heterocycles. The fourth-order valence-corrected chi connectivity index (χ4v) is 4.40. The van der Waals surface area contributed by atoms with E-state index < -0.39 is 47.2 Å². The third-order valence-corrected chi connectivity index (χ3v) is 6.14. The molecule has 0 saturated heterocycles. The molecule has 0 saturated carbocycles. The molecule has 42 heavy (non-hydrogen) atoms. The number of esters is 2. The first-order valence-electron chi connectivity index (χ1n) is 14.8. The van der Waals surface area contributed by atoms with Crippen molar-refractivity contribution in [3.05, 3.63) is 24.3 Å². The number of alkyl carbamates (subject to hydrolysis) is 1. The van der Waals surface area contributed by atoms with Gasteiger partial charge in [0.25, 0.3) is 0 Å². The zero-order valence-corrected chi connectivity index (χ0v) is 26.2. The summed E-state index contributed by atoms with van der Waals surface area (Å²) < 4.78 is 21.9. The Labute approximate surface area is 250 Å². The Morgan fingerprint density at radius 1 is 0.976 bits per heavy atom. The van der Waals surface area contributed by atoms with Gasteiger partial charge < -0.3 is 24.3 Å². The zero-order chi connectivity index (χ0) is 31.3. The van der Waals surface area contributed by atoms with Gasteiger partial charge in [-0.25, -0.2) is 4.79 Å². The first-order valence-corrected chi connectivity index (χ1v) is 14.8. The van der Waals surface area contributed by atoms with Crippen molar-refractivity contribution in [2.45, 2.75) is 110 Å². The fraction of sp³-hybridized carbons (Fsp3) is 0.677. The average Bonchev–Trinajstić information content (AvgIpc) is 2.99. The van der Waals surface area contributed by atoms with Crippen molar-refractivity contribution in [2.75, 3.05) is 31.2 Å². The Balaban J connectivity index is 1.96. The Kier molecular flexibility index (Phi) is 13.6. The van der Waals surface area contributed by atoms with Crippen molar-refractivity contribution >= 4 is 29.6 Å². The van der Waals surface area contributed by atoms with E-state index in [1.165, 1.54) is 4.90 Å². The molecule has 0 unspecified atom stereocenters. The monoisotopic (exact) mass is 591 g/mol. The topological polar surface area (TPSA) is 132 Å². The van der Waals surface area contributed by atoms with Gasteiger partial charge in [-0.15, -0.1) is 0 Å². The number of rotatable bonds is 14. The molecule has 1 aromatic rings. The lowest BCUT2D eigenvalue weighted by Gasteiger charge is -2.28. The second kappa shape index (κ2) is 16.3. The summed E-state index contributed by atoms with van der Waals surface area (Å²) in [5.74, 6) is -0.910. The Hall–Kier alpha value is -3.34. The molecule has 1 heterocycles. The minimum absolute atomic E-state index is 0.0127. The van der Waals surface area contributed by atoms with Crippen LogP contribution in [0.3, 0.4) is 0 Å². The summed E-state index contributed by atoms with van der Waals surface area (Å²) in [6, 6.07) is 5.40. The first-order chi connectivity index (χ1) is 19.7. The number of nitrogens with one attached hydrogen (secondary N) is 2. The van der Waals surface area contributed by atoms with Crippen LogP contribution in [0, 0.1) is 0 Å². The Bertz CT molecular complexity index is 1050. The number of hydrogen-bond donors (Lipinski definition) is 2. The number of anilines is 1. The van der Waals surface area contributed by atoms with Crippen molar-refractivity contribution in [1.82, 2.24) is 10.6 Å². The number of carbonyl (C=O) groups is 4. The smallest absolute Gasteiger partial charge is 0.407 e. The highest BCUT2D eigenvalue weighted by molar-refractivity contribution is 6.02. The molecule has 0 fully saturated rings. The Morgan fingerprint density at radius 2 is 1.62 bits per heavy atom. The molecule has 1 aromatic carbocycles. The van der Waals surface area contributed by atoms with Crippen LogP contribution in [0.25, 0.3) is 0 Å². The van der Waals surface area contributed by atoms with Crippen LogP contribution in [0.2, 0.25) is 0 Å². The van der Waals surface area contributed by atoms with E-state index in [2.05, 4.69) is 10.6 Å². The number of hydrogen-bond acceptors (Lipinski definition) is 9. The van der Waals surface area contributed by atoms with E-state index in [0.29, 0.717) is 24.4 Å². The number of carbonyl (C=O) groups excluding carboxylic acids is 4. The molecule has 11 heteroatoms. The third-order valence-electron chi connectivity index (χ3n) is 6.14. The van der Waals surface area contributed by atoms with E-state index in [1.807, 2.05) is 20.8 Å². The van der Waals surface area contributed by atoms with E-state index >= 15 is 0 Å². The lowest BCUT2D eigenvalue weighted by atomic mass is 10.0. The molecule has 0 spiro atoms. The molecule has 1 aliphatic heterocycles. The van der Waals surface area contributed by atoms with Gasteiger partial charge in [0.15, 0.2) is 0 Å². The van der Waals surface area contributed by atoms with E-state index in [0.717, 1.165) is 32.1 Å². The molecule has 2 N–H and O–H groups in total. The highest BCUT2D eigenvalue weighted by Gasteiger charge is 2.36. The normalized spacial score (nSPS) is 16.0. The summed E-state index contributed by atoms with van der Waals surface area (Å²) in [5.41, 5.74) is -0.767. The number of amides is 2. The van der Waals surface area contributed by atoms with Crippen LogP contribution in [0.5, 0.6) is 5.75 Å². The van der Waals surface area contributed by atoms with Crippen LogP contribution in [0.4, 0.5) is 10.5 Å². The van der Waals surface area contributed by atoms with Gasteiger partial charge in [-0.05, 0) is 73.4 Å². The van der Waals surface area contributed by atoms with Crippen LogP contribution in [-0.4, -0.2) is 73.5 Å². The average molecular weight is 592 g/mol. The molecule has 236 valence electrons. The minimum Gasteiger partial charge on any atom is -0.489 e.